The van der Waals surface area contributed by atoms with Crippen molar-refractivity contribution in [1.82, 2.24) is 14.9 Å². The van der Waals surface area contributed by atoms with Crippen LogP contribution in [0.1, 0.15) is 33.3 Å². The number of carbonyl (C=O) groups is 3. The number of ketones is 1. The number of halogens is 3. The van der Waals surface area contributed by atoms with E-state index in [1.165, 1.54) is 36.0 Å². The minimum Gasteiger partial charge on any atom is -0.345 e. The summed E-state index contributed by atoms with van der Waals surface area (Å²) in [4.78, 5) is 41.2. The minimum absolute atomic E-state index is 0.125. The van der Waals surface area contributed by atoms with Crippen molar-refractivity contribution in [1.29, 1.82) is 0 Å². The molecule has 0 atom stereocenters. The summed E-state index contributed by atoms with van der Waals surface area (Å²) >= 11 is 18.5. The van der Waals surface area contributed by atoms with Crippen molar-refractivity contribution in [3.63, 3.8) is 0 Å². The first-order valence-electron chi connectivity index (χ1n) is 9.05. The number of aryl methyl sites for hydroxylation is 1. The Bertz CT molecular complexity index is 1190. The van der Waals surface area contributed by atoms with Crippen molar-refractivity contribution in [2.75, 3.05) is 11.9 Å². The van der Waals surface area contributed by atoms with E-state index in [1.54, 1.807) is 25.1 Å². The van der Waals surface area contributed by atoms with Gasteiger partial charge in [-0.3, -0.25) is 19.0 Å². The molecule has 2 N–H and O–H groups in total. The number of hydrogen-bond acceptors (Lipinski definition) is 4. The Labute approximate surface area is 193 Å². The molecule has 0 bridgehead atoms. The van der Waals surface area contributed by atoms with Crippen LogP contribution in [0.2, 0.25) is 15.1 Å². The maximum atomic E-state index is 13.1. The van der Waals surface area contributed by atoms with Gasteiger partial charge in [0, 0.05) is 17.4 Å². The lowest BCUT2D eigenvalue weighted by molar-refractivity contribution is -0.116. The molecule has 10 heteroatoms. The highest BCUT2D eigenvalue weighted by molar-refractivity contribution is 6.33. The predicted octanol–water partition coefficient (Wildman–Crippen LogP) is 4.71. The zero-order valence-corrected chi connectivity index (χ0v) is 18.8. The van der Waals surface area contributed by atoms with Gasteiger partial charge in [-0.15, -0.1) is 0 Å². The van der Waals surface area contributed by atoms with E-state index < -0.39 is 11.8 Å². The molecule has 2 heterocycles. The molecule has 2 amide bonds. The lowest BCUT2D eigenvalue weighted by Crippen LogP contribution is -2.29. The Kier molecular flexibility index (Phi) is 7.00. The molecule has 1 aromatic carbocycles. The average molecular weight is 480 g/mol. The second kappa shape index (κ2) is 9.51. The number of rotatable bonds is 6. The van der Waals surface area contributed by atoms with Gasteiger partial charge >= 0.3 is 0 Å². The highest BCUT2D eigenvalue weighted by Crippen LogP contribution is 2.28. The monoisotopic (exact) mass is 478 g/mol. The van der Waals surface area contributed by atoms with Crippen LogP contribution in [-0.4, -0.2) is 33.7 Å². The van der Waals surface area contributed by atoms with E-state index in [0.717, 1.165) is 0 Å². The first-order valence-corrected chi connectivity index (χ1v) is 10.2. The van der Waals surface area contributed by atoms with Crippen LogP contribution in [-0.2, 0) is 4.79 Å². The summed E-state index contributed by atoms with van der Waals surface area (Å²) < 4.78 is 1.46. The van der Waals surface area contributed by atoms with Gasteiger partial charge in [0.1, 0.15) is 11.5 Å². The summed E-state index contributed by atoms with van der Waals surface area (Å²) in [7, 11) is 0. The fraction of sp³-hybridized carbons (Fsp3) is 0.143. The lowest BCUT2D eigenvalue weighted by Gasteiger charge is -2.15. The molecule has 0 radical (unpaired) electrons. The molecule has 3 rings (SSSR count). The zero-order chi connectivity index (χ0) is 22.7. The van der Waals surface area contributed by atoms with E-state index in [4.69, 9.17) is 34.8 Å². The molecule has 7 nitrogen and oxygen atoms in total. The van der Waals surface area contributed by atoms with Crippen LogP contribution in [0.3, 0.4) is 0 Å². The summed E-state index contributed by atoms with van der Waals surface area (Å²) in [6, 6.07) is 7.80. The maximum absolute atomic E-state index is 13.1. The first-order chi connectivity index (χ1) is 14.7. The Hall–Kier alpha value is -2.87. The Morgan fingerprint density at radius 2 is 1.81 bits per heavy atom. The molecule has 160 valence electrons. The van der Waals surface area contributed by atoms with Crippen LogP contribution in [0.4, 0.5) is 5.69 Å². The van der Waals surface area contributed by atoms with Crippen molar-refractivity contribution in [2.24, 2.45) is 0 Å². The van der Waals surface area contributed by atoms with E-state index in [9.17, 15) is 14.4 Å². The number of carbonyl (C=O) groups excluding carboxylic acids is 3. The molecule has 0 aliphatic heterocycles. The van der Waals surface area contributed by atoms with Gasteiger partial charge in [-0.2, -0.15) is 0 Å². The quantitative estimate of drug-likeness (QED) is 0.535. The third-order valence-electron chi connectivity index (χ3n) is 4.27. The molecule has 3 aromatic rings. The van der Waals surface area contributed by atoms with Gasteiger partial charge in [-0.25, -0.2) is 4.98 Å². The summed E-state index contributed by atoms with van der Waals surface area (Å²) in [5.74, 6) is -0.970. The second-order valence-corrected chi connectivity index (χ2v) is 7.99. The number of aromatic nitrogens is 2. The number of Topliss-reactive ketones (excluding diaryl/α,β-unsaturated/α-hetero) is 1. The van der Waals surface area contributed by atoms with Gasteiger partial charge in [0.25, 0.3) is 11.8 Å². The zero-order valence-electron chi connectivity index (χ0n) is 16.5. The molecular weight excluding hydrogens is 463 g/mol. The van der Waals surface area contributed by atoms with Gasteiger partial charge in [0.2, 0.25) is 0 Å². The van der Waals surface area contributed by atoms with Crippen LogP contribution in [0.5, 0.6) is 0 Å². The number of benzene rings is 1. The smallest absolute Gasteiger partial charge is 0.272 e. The molecule has 31 heavy (non-hydrogen) atoms. The summed E-state index contributed by atoms with van der Waals surface area (Å²) in [6.07, 6.45) is 3.05. The van der Waals surface area contributed by atoms with Crippen LogP contribution in [0.25, 0.3) is 5.82 Å². The SMILES string of the molecule is CC(=O)CNC(=O)c1cc(Cl)cc(C)c1NC(=O)c1cc(Cl)cn1-c1ncccc1Cl. The number of hydrogen-bond donors (Lipinski definition) is 2. The van der Waals surface area contributed by atoms with Crippen molar-refractivity contribution in [3.05, 3.63) is 74.6 Å². The van der Waals surface area contributed by atoms with Crippen LogP contribution >= 0.6 is 34.8 Å². The number of pyridine rings is 1. The van der Waals surface area contributed by atoms with E-state index >= 15 is 0 Å². The molecule has 0 unspecified atom stereocenters. The summed E-state index contributed by atoms with van der Waals surface area (Å²) in [6.45, 7) is 2.91. The molecule has 0 fully saturated rings. The Morgan fingerprint density at radius 1 is 1.06 bits per heavy atom. The number of nitrogens with one attached hydrogen (secondary N) is 2. The fourth-order valence-electron chi connectivity index (χ4n) is 2.90. The molecule has 0 spiro atoms. The maximum Gasteiger partial charge on any atom is 0.272 e. The third kappa shape index (κ3) is 5.25. The molecular formula is C21H17Cl3N4O3. The minimum atomic E-state index is -0.544. The molecule has 0 aliphatic carbocycles. The van der Waals surface area contributed by atoms with Crippen molar-refractivity contribution in [2.45, 2.75) is 13.8 Å². The predicted molar refractivity (Wildman–Crippen MR) is 121 cm³/mol. The van der Waals surface area contributed by atoms with Crippen molar-refractivity contribution < 1.29 is 14.4 Å². The van der Waals surface area contributed by atoms with E-state index in [2.05, 4.69) is 15.6 Å². The van der Waals surface area contributed by atoms with Crippen molar-refractivity contribution in [3.8, 4) is 5.82 Å². The molecule has 0 aliphatic rings. The summed E-state index contributed by atoms with van der Waals surface area (Å²) in [5, 5.41) is 6.19. The van der Waals surface area contributed by atoms with Gasteiger partial charge in [-0.05, 0) is 49.7 Å². The fourth-order valence-corrected chi connectivity index (χ4v) is 3.59. The topological polar surface area (TPSA) is 93.1 Å². The third-order valence-corrected chi connectivity index (χ3v) is 4.99. The standard InChI is InChI=1S/C21H17Cl3N4O3/c1-11-6-13(22)7-15(20(30)26-9-12(2)29)18(11)27-21(31)17-8-14(23)10-28(17)19-16(24)4-3-5-25-19/h3-8,10H,9H2,1-2H3,(H,26,30)(H,27,31). The van der Waals surface area contributed by atoms with E-state index in [0.29, 0.717) is 26.4 Å². The number of anilines is 1. The molecule has 0 saturated carbocycles. The second-order valence-electron chi connectivity index (χ2n) is 6.71. The van der Waals surface area contributed by atoms with Crippen LogP contribution in [0, 0.1) is 6.92 Å². The van der Waals surface area contributed by atoms with Gasteiger partial charge in [0.15, 0.2) is 5.82 Å². The Balaban J connectivity index is 1.99. The van der Waals surface area contributed by atoms with Crippen LogP contribution in [0.15, 0.2) is 42.7 Å². The lowest BCUT2D eigenvalue weighted by atomic mass is 10.1. The average Bonchev–Trinajstić information content (AvgIpc) is 3.09. The number of amides is 2. The Morgan fingerprint density at radius 3 is 2.48 bits per heavy atom. The molecule has 0 saturated heterocycles. The highest BCUT2D eigenvalue weighted by atomic mass is 35.5. The molecule has 2 aromatic heterocycles. The normalized spacial score (nSPS) is 10.6. The van der Waals surface area contributed by atoms with E-state index in [-0.39, 0.29) is 29.3 Å². The van der Waals surface area contributed by atoms with Gasteiger partial charge in [-0.1, -0.05) is 34.8 Å². The van der Waals surface area contributed by atoms with Crippen LogP contribution < -0.4 is 10.6 Å². The first kappa shape index (κ1) is 22.8. The van der Waals surface area contributed by atoms with Gasteiger partial charge in [0.05, 0.1) is 27.8 Å². The number of nitrogens with zero attached hydrogens (tertiary/aromatic N) is 2. The van der Waals surface area contributed by atoms with Crippen molar-refractivity contribution >= 4 is 58.1 Å². The van der Waals surface area contributed by atoms with E-state index in [1.807, 2.05) is 0 Å². The highest BCUT2D eigenvalue weighted by Gasteiger charge is 2.21. The largest absolute Gasteiger partial charge is 0.345 e. The van der Waals surface area contributed by atoms with Gasteiger partial charge < -0.3 is 10.6 Å². The summed E-state index contributed by atoms with van der Waals surface area (Å²) in [5.41, 5.74) is 1.11.